The van der Waals surface area contributed by atoms with Crippen LogP contribution in [0.25, 0.3) is 0 Å². The summed E-state index contributed by atoms with van der Waals surface area (Å²) in [5, 5.41) is 11.8. The molecule has 1 aromatic carbocycles. The first-order chi connectivity index (χ1) is 8.22. The molecule has 3 nitrogen and oxygen atoms in total. The van der Waals surface area contributed by atoms with Gasteiger partial charge >= 0.3 is 0 Å². The molecule has 1 N–H and O–H groups in total. The summed E-state index contributed by atoms with van der Waals surface area (Å²) in [6, 6.07) is 9.05. The van der Waals surface area contributed by atoms with E-state index in [1.54, 1.807) is 0 Å². The first kappa shape index (κ1) is 11.9. The Morgan fingerprint density at radius 2 is 2.29 bits per heavy atom. The number of aryl methyl sites for hydroxylation is 1. The van der Waals surface area contributed by atoms with Gasteiger partial charge in [0.2, 0.25) is 0 Å². The second kappa shape index (κ2) is 5.20. The highest BCUT2D eigenvalue weighted by Crippen LogP contribution is 2.26. The van der Waals surface area contributed by atoms with Gasteiger partial charge in [-0.25, -0.2) is 0 Å². The standard InChI is InChI=1S/C14H19N3/c1-11-4-3-5-14(12(11)2)17-9-6-13(10-17)16-8-7-15/h3-5,13,16H,6,8-10H2,1-2H3. The summed E-state index contributed by atoms with van der Waals surface area (Å²) in [5.74, 6) is 0. The van der Waals surface area contributed by atoms with Gasteiger partial charge in [0.05, 0.1) is 12.6 Å². The number of nitrogens with one attached hydrogen (secondary N) is 1. The van der Waals surface area contributed by atoms with E-state index in [4.69, 9.17) is 5.26 Å². The van der Waals surface area contributed by atoms with E-state index >= 15 is 0 Å². The molecular formula is C14H19N3. The number of anilines is 1. The first-order valence-electron chi connectivity index (χ1n) is 6.14. The molecule has 1 aromatic rings. The summed E-state index contributed by atoms with van der Waals surface area (Å²) < 4.78 is 0. The van der Waals surface area contributed by atoms with Crippen molar-refractivity contribution in [2.24, 2.45) is 0 Å². The van der Waals surface area contributed by atoms with Crippen LogP contribution in [0.3, 0.4) is 0 Å². The van der Waals surface area contributed by atoms with Crippen LogP contribution in [0.5, 0.6) is 0 Å². The zero-order valence-corrected chi connectivity index (χ0v) is 10.5. The van der Waals surface area contributed by atoms with E-state index in [9.17, 15) is 0 Å². The average molecular weight is 229 g/mol. The smallest absolute Gasteiger partial charge is 0.0843 e. The van der Waals surface area contributed by atoms with Crippen molar-refractivity contribution in [3.8, 4) is 6.07 Å². The van der Waals surface area contributed by atoms with Crippen LogP contribution in [0.4, 0.5) is 5.69 Å². The number of hydrogen-bond donors (Lipinski definition) is 1. The molecule has 1 atom stereocenters. The van der Waals surface area contributed by atoms with Crippen molar-refractivity contribution in [1.82, 2.24) is 5.32 Å². The Kier molecular flexibility index (Phi) is 3.65. The van der Waals surface area contributed by atoms with Crippen LogP contribution >= 0.6 is 0 Å². The van der Waals surface area contributed by atoms with E-state index in [0.29, 0.717) is 12.6 Å². The summed E-state index contributed by atoms with van der Waals surface area (Å²) in [4.78, 5) is 2.41. The minimum atomic E-state index is 0.450. The number of hydrogen-bond acceptors (Lipinski definition) is 3. The molecule has 0 aromatic heterocycles. The molecule has 0 bridgehead atoms. The average Bonchev–Trinajstić information content (AvgIpc) is 2.78. The lowest BCUT2D eigenvalue weighted by Gasteiger charge is -2.22. The van der Waals surface area contributed by atoms with Gasteiger partial charge in [-0.15, -0.1) is 0 Å². The van der Waals surface area contributed by atoms with Gasteiger partial charge in [0.25, 0.3) is 0 Å². The summed E-state index contributed by atoms with van der Waals surface area (Å²) >= 11 is 0. The molecule has 3 heteroatoms. The lowest BCUT2D eigenvalue weighted by Crippen LogP contribution is -2.32. The summed E-state index contributed by atoms with van der Waals surface area (Å²) in [7, 11) is 0. The Hall–Kier alpha value is -1.53. The summed E-state index contributed by atoms with van der Waals surface area (Å²) in [5.41, 5.74) is 4.05. The quantitative estimate of drug-likeness (QED) is 0.806. The predicted octanol–water partition coefficient (Wildman–Crippen LogP) is 2.00. The molecule has 1 aliphatic heterocycles. The highest BCUT2D eigenvalue weighted by Gasteiger charge is 2.23. The molecule has 1 unspecified atom stereocenters. The summed E-state index contributed by atoms with van der Waals surface area (Å²) in [6.07, 6.45) is 1.12. The van der Waals surface area contributed by atoms with Gasteiger partial charge in [-0.05, 0) is 37.5 Å². The van der Waals surface area contributed by atoms with Crippen molar-refractivity contribution in [2.45, 2.75) is 26.3 Å². The van der Waals surface area contributed by atoms with Crippen molar-refractivity contribution < 1.29 is 0 Å². The van der Waals surface area contributed by atoms with Gasteiger partial charge in [0, 0.05) is 24.8 Å². The van der Waals surface area contributed by atoms with Crippen LogP contribution in [-0.2, 0) is 0 Å². The number of nitriles is 1. The Bertz CT molecular complexity index is 434. The van der Waals surface area contributed by atoms with Gasteiger partial charge in [-0.3, -0.25) is 5.32 Å². The van der Waals surface area contributed by atoms with Crippen molar-refractivity contribution in [3.63, 3.8) is 0 Å². The highest BCUT2D eigenvalue weighted by atomic mass is 15.2. The molecule has 1 fully saturated rings. The minimum absolute atomic E-state index is 0.450. The molecule has 17 heavy (non-hydrogen) atoms. The second-order valence-corrected chi connectivity index (χ2v) is 4.69. The minimum Gasteiger partial charge on any atom is -0.370 e. The van der Waals surface area contributed by atoms with E-state index in [0.717, 1.165) is 19.5 Å². The van der Waals surface area contributed by atoms with E-state index in [1.807, 2.05) is 0 Å². The molecule has 1 saturated heterocycles. The van der Waals surface area contributed by atoms with Gasteiger partial charge in [0.1, 0.15) is 0 Å². The summed E-state index contributed by atoms with van der Waals surface area (Å²) in [6.45, 7) is 6.87. The Morgan fingerprint density at radius 1 is 1.47 bits per heavy atom. The largest absolute Gasteiger partial charge is 0.370 e. The third-order valence-electron chi connectivity index (χ3n) is 3.57. The normalized spacial score (nSPS) is 19.4. The van der Waals surface area contributed by atoms with Crippen molar-refractivity contribution in [3.05, 3.63) is 29.3 Å². The highest BCUT2D eigenvalue weighted by molar-refractivity contribution is 5.56. The van der Waals surface area contributed by atoms with E-state index in [-0.39, 0.29) is 0 Å². The topological polar surface area (TPSA) is 39.1 Å². The van der Waals surface area contributed by atoms with Crippen molar-refractivity contribution >= 4 is 5.69 Å². The fourth-order valence-corrected chi connectivity index (χ4v) is 2.41. The fraction of sp³-hybridized carbons (Fsp3) is 0.500. The fourth-order valence-electron chi connectivity index (χ4n) is 2.41. The van der Waals surface area contributed by atoms with Crippen LogP contribution < -0.4 is 10.2 Å². The van der Waals surface area contributed by atoms with Gasteiger partial charge in [-0.2, -0.15) is 5.26 Å². The van der Waals surface area contributed by atoms with Crippen LogP contribution in [-0.4, -0.2) is 25.7 Å². The van der Waals surface area contributed by atoms with Gasteiger partial charge in [0.15, 0.2) is 0 Å². The molecule has 90 valence electrons. The van der Waals surface area contributed by atoms with Crippen LogP contribution in [0.15, 0.2) is 18.2 Å². The third kappa shape index (κ3) is 2.59. The molecule has 1 heterocycles. The molecule has 0 spiro atoms. The molecule has 0 radical (unpaired) electrons. The maximum atomic E-state index is 8.56. The lowest BCUT2D eigenvalue weighted by molar-refractivity contribution is 0.591. The second-order valence-electron chi connectivity index (χ2n) is 4.69. The van der Waals surface area contributed by atoms with E-state index < -0.39 is 0 Å². The number of nitrogens with zero attached hydrogens (tertiary/aromatic N) is 2. The first-order valence-corrected chi connectivity index (χ1v) is 6.14. The van der Waals surface area contributed by atoms with E-state index in [2.05, 4.69) is 48.3 Å². The van der Waals surface area contributed by atoms with Gasteiger partial charge in [-0.1, -0.05) is 12.1 Å². The monoisotopic (exact) mass is 229 g/mol. The zero-order chi connectivity index (χ0) is 12.3. The molecular weight excluding hydrogens is 210 g/mol. The Labute approximate surface area is 103 Å². The Balaban J connectivity index is 2.05. The molecule has 1 aliphatic rings. The maximum absolute atomic E-state index is 8.56. The molecule has 2 rings (SSSR count). The predicted molar refractivity (Wildman–Crippen MR) is 70.1 cm³/mol. The van der Waals surface area contributed by atoms with Crippen molar-refractivity contribution in [2.75, 3.05) is 24.5 Å². The van der Waals surface area contributed by atoms with Crippen LogP contribution in [0, 0.1) is 25.2 Å². The third-order valence-corrected chi connectivity index (χ3v) is 3.57. The molecule has 0 aliphatic carbocycles. The molecule has 0 saturated carbocycles. The van der Waals surface area contributed by atoms with Crippen LogP contribution in [0.2, 0.25) is 0 Å². The molecule has 0 amide bonds. The number of benzene rings is 1. The SMILES string of the molecule is Cc1cccc(N2CCC(NCC#N)C2)c1C. The zero-order valence-electron chi connectivity index (χ0n) is 10.5. The van der Waals surface area contributed by atoms with Crippen molar-refractivity contribution in [1.29, 1.82) is 5.26 Å². The number of rotatable bonds is 3. The van der Waals surface area contributed by atoms with Crippen LogP contribution in [0.1, 0.15) is 17.5 Å². The lowest BCUT2D eigenvalue weighted by atomic mass is 10.1. The van der Waals surface area contributed by atoms with Gasteiger partial charge < -0.3 is 4.90 Å². The maximum Gasteiger partial charge on any atom is 0.0843 e. The van der Waals surface area contributed by atoms with E-state index in [1.165, 1.54) is 16.8 Å². The Morgan fingerprint density at radius 3 is 3.06 bits per heavy atom.